The summed E-state index contributed by atoms with van der Waals surface area (Å²) >= 11 is 0. The molecule has 3 aromatic carbocycles. The molecule has 154 valence electrons. The molecule has 1 saturated heterocycles. The monoisotopic (exact) mass is 402 g/mol. The molecular formula is C26H27FN2O. The van der Waals surface area contributed by atoms with E-state index in [1.54, 1.807) is 6.07 Å². The molecule has 4 rings (SSSR count). The summed E-state index contributed by atoms with van der Waals surface area (Å²) in [6.07, 6.45) is 0. The summed E-state index contributed by atoms with van der Waals surface area (Å²) in [7, 11) is 0. The number of carbonyl (C=O) groups is 1. The smallest absolute Gasteiger partial charge is 0.254 e. The third-order valence-electron chi connectivity index (χ3n) is 5.91. The zero-order valence-electron chi connectivity index (χ0n) is 17.5. The molecule has 3 aromatic rings. The molecular weight excluding hydrogens is 375 g/mol. The first-order valence-electron chi connectivity index (χ1n) is 10.4. The topological polar surface area (TPSA) is 23.6 Å². The molecule has 1 atom stereocenters. The van der Waals surface area contributed by atoms with Crippen LogP contribution in [0.4, 0.5) is 4.39 Å². The number of aryl methyl sites for hydroxylation is 2. The number of hydrogen-bond donors (Lipinski definition) is 0. The van der Waals surface area contributed by atoms with Gasteiger partial charge in [0.25, 0.3) is 5.91 Å². The standard InChI is InChI=1S/C26H27FN2O/c1-19-8-11-22(12-9-19)25(21-6-4-3-5-7-21)28-14-16-29(17-15-28)26(30)24-18-23(27)13-10-20(24)2/h3-13,18,25H,14-17H2,1-2H3. The lowest BCUT2D eigenvalue weighted by atomic mass is 9.95. The van der Waals surface area contributed by atoms with E-state index in [0.717, 1.165) is 18.7 Å². The number of carbonyl (C=O) groups excluding carboxylic acids is 1. The van der Waals surface area contributed by atoms with Crippen LogP contribution >= 0.6 is 0 Å². The molecule has 30 heavy (non-hydrogen) atoms. The van der Waals surface area contributed by atoms with Crippen molar-refractivity contribution in [3.05, 3.63) is 106 Å². The second-order valence-electron chi connectivity index (χ2n) is 8.01. The van der Waals surface area contributed by atoms with Crippen molar-refractivity contribution in [2.75, 3.05) is 26.2 Å². The number of halogens is 1. The lowest BCUT2D eigenvalue weighted by Crippen LogP contribution is -2.50. The summed E-state index contributed by atoms with van der Waals surface area (Å²) < 4.78 is 13.7. The number of amides is 1. The highest BCUT2D eigenvalue weighted by molar-refractivity contribution is 5.95. The van der Waals surface area contributed by atoms with Crippen molar-refractivity contribution >= 4 is 5.91 Å². The normalized spacial score (nSPS) is 15.8. The van der Waals surface area contributed by atoms with Gasteiger partial charge in [0, 0.05) is 31.7 Å². The van der Waals surface area contributed by atoms with Gasteiger partial charge in [0.15, 0.2) is 0 Å². The predicted molar refractivity (Wildman–Crippen MR) is 118 cm³/mol. The van der Waals surface area contributed by atoms with Crippen molar-refractivity contribution in [2.24, 2.45) is 0 Å². The van der Waals surface area contributed by atoms with Gasteiger partial charge in [-0.3, -0.25) is 9.69 Å². The van der Waals surface area contributed by atoms with Crippen LogP contribution in [0.25, 0.3) is 0 Å². The first-order valence-corrected chi connectivity index (χ1v) is 10.4. The fourth-order valence-corrected chi connectivity index (χ4v) is 4.18. The van der Waals surface area contributed by atoms with Gasteiger partial charge in [0.2, 0.25) is 0 Å². The molecule has 0 saturated carbocycles. The molecule has 0 radical (unpaired) electrons. The number of hydrogen-bond acceptors (Lipinski definition) is 2. The minimum absolute atomic E-state index is 0.0850. The van der Waals surface area contributed by atoms with E-state index in [1.807, 2.05) is 17.9 Å². The molecule has 1 aliphatic heterocycles. The maximum absolute atomic E-state index is 13.7. The maximum atomic E-state index is 13.7. The van der Waals surface area contributed by atoms with Crippen molar-refractivity contribution in [2.45, 2.75) is 19.9 Å². The molecule has 4 heteroatoms. The van der Waals surface area contributed by atoms with Gasteiger partial charge in [0.05, 0.1) is 6.04 Å². The molecule has 1 aliphatic rings. The minimum Gasteiger partial charge on any atom is -0.336 e. The van der Waals surface area contributed by atoms with Gasteiger partial charge in [-0.25, -0.2) is 4.39 Å². The lowest BCUT2D eigenvalue weighted by Gasteiger charge is -2.40. The van der Waals surface area contributed by atoms with Crippen molar-refractivity contribution in [1.29, 1.82) is 0 Å². The fourth-order valence-electron chi connectivity index (χ4n) is 4.18. The third-order valence-corrected chi connectivity index (χ3v) is 5.91. The zero-order valence-corrected chi connectivity index (χ0v) is 17.5. The molecule has 0 bridgehead atoms. The van der Waals surface area contributed by atoms with Crippen LogP contribution in [0.2, 0.25) is 0 Å². The molecule has 3 nitrogen and oxygen atoms in total. The third kappa shape index (κ3) is 4.29. The summed E-state index contributed by atoms with van der Waals surface area (Å²) in [4.78, 5) is 17.2. The number of rotatable bonds is 4. The minimum atomic E-state index is -0.369. The van der Waals surface area contributed by atoms with E-state index in [0.29, 0.717) is 18.7 Å². The molecule has 0 N–H and O–H groups in total. The van der Waals surface area contributed by atoms with Gasteiger partial charge in [0.1, 0.15) is 5.82 Å². The first-order chi connectivity index (χ1) is 14.5. The molecule has 1 fully saturated rings. The van der Waals surface area contributed by atoms with E-state index in [1.165, 1.54) is 28.8 Å². The van der Waals surface area contributed by atoms with Crippen LogP contribution in [0.15, 0.2) is 72.8 Å². The van der Waals surface area contributed by atoms with E-state index in [9.17, 15) is 9.18 Å². The second kappa shape index (κ2) is 8.80. The summed E-state index contributed by atoms with van der Waals surface area (Å²) in [5.74, 6) is -0.454. The number of benzene rings is 3. The average Bonchev–Trinajstić information content (AvgIpc) is 2.78. The van der Waals surface area contributed by atoms with Gasteiger partial charge in [-0.2, -0.15) is 0 Å². The van der Waals surface area contributed by atoms with Crippen LogP contribution in [0.1, 0.15) is 38.7 Å². The van der Waals surface area contributed by atoms with Crippen molar-refractivity contribution in [1.82, 2.24) is 9.80 Å². The predicted octanol–water partition coefficient (Wildman–Crippen LogP) is 4.99. The van der Waals surface area contributed by atoms with E-state index in [4.69, 9.17) is 0 Å². The van der Waals surface area contributed by atoms with Gasteiger partial charge in [-0.1, -0.05) is 66.2 Å². The van der Waals surface area contributed by atoms with Crippen LogP contribution in [0.3, 0.4) is 0 Å². The Morgan fingerprint density at radius 2 is 1.47 bits per heavy atom. The van der Waals surface area contributed by atoms with Gasteiger partial charge < -0.3 is 4.90 Å². The van der Waals surface area contributed by atoms with E-state index in [2.05, 4.69) is 60.4 Å². The first kappa shape index (κ1) is 20.3. The summed E-state index contributed by atoms with van der Waals surface area (Å²) in [6.45, 7) is 6.75. The van der Waals surface area contributed by atoms with Crippen molar-refractivity contribution < 1.29 is 9.18 Å². The molecule has 0 aliphatic carbocycles. The second-order valence-corrected chi connectivity index (χ2v) is 8.01. The number of nitrogens with zero attached hydrogens (tertiary/aromatic N) is 2. The van der Waals surface area contributed by atoms with E-state index >= 15 is 0 Å². The van der Waals surface area contributed by atoms with Gasteiger partial charge in [-0.15, -0.1) is 0 Å². The highest BCUT2D eigenvalue weighted by Crippen LogP contribution is 2.30. The molecule has 0 aromatic heterocycles. The summed E-state index contributed by atoms with van der Waals surface area (Å²) in [6, 6.07) is 23.8. The fraction of sp³-hybridized carbons (Fsp3) is 0.269. The molecule has 1 heterocycles. The Kier molecular flexibility index (Phi) is 5.96. The van der Waals surface area contributed by atoms with Crippen LogP contribution in [-0.4, -0.2) is 41.9 Å². The van der Waals surface area contributed by atoms with Crippen LogP contribution in [0, 0.1) is 19.7 Å². The average molecular weight is 403 g/mol. The largest absolute Gasteiger partial charge is 0.336 e. The molecule has 1 amide bonds. The van der Waals surface area contributed by atoms with Gasteiger partial charge in [-0.05, 0) is 42.7 Å². The quantitative estimate of drug-likeness (QED) is 0.614. The maximum Gasteiger partial charge on any atom is 0.254 e. The Balaban J connectivity index is 1.53. The summed E-state index contributed by atoms with van der Waals surface area (Å²) in [5, 5.41) is 0. The highest BCUT2D eigenvalue weighted by Gasteiger charge is 2.29. The SMILES string of the molecule is Cc1ccc(C(c2ccccc2)N2CCN(C(=O)c3cc(F)ccc3C)CC2)cc1. The highest BCUT2D eigenvalue weighted by atomic mass is 19.1. The van der Waals surface area contributed by atoms with Crippen molar-refractivity contribution in [3.8, 4) is 0 Å². The van der Waals surface area contributed by atoms with Crippen LogP contribution < -0.4 is 0 Å². The van der Waals surface area contributed by atoms with Crippen molar-refractivity contribution in [3.63, 3.8) is 0 Å². The van der Waals surface area contributed by atoms with Gasteiger partial charge >= 0.3 is 0 Å². The molecule has 0 spiro atoms. The Morgan fingerprint density at radius 1 is 0.833 bits per heavy atom. The van der Waals surface area contributed by atoms with Crippen LogP contribution in [-0.2, 0) is 0 Å². The number of piperazine rings is 1. The Bertz CT molecular complexity index is 1010. The zero-order chi connectivity index (χ0) is 21.1. The van der Waals surface area contributed by atoms with E-state index < -0.39 is 0 Å². The lowest BCUT2D eigenvalue weighted by molar-refractivity contribution is 0.0596. The van der Waals surface area contributed by atoms with Crippen LogP contribution in [0.5, 0.6) is 0 Å². The Morgan fingerprint density at radius 3 is 2.13 bits per heavy atom. The van der Waals surface area contributed by atoms with E-state index in [-0.39, 0.29) is 17.8 Å². The Hall–Kier alpha value is -2.98. The Labute approximate surface area is 177 Å². The molecule has 1 unspecified atom stereocenters. The summed E-state index contributed by atoms with van der Waals surface area (Å²) in [5.41, 5.74) is 5.02.